The number of carbonyl (C=O) groups is 2. The highest BCUT2D eigenvalue weighted by molar-refractivity contribution is 5.69. The highest BCUT2D eigenvalue weighted by Gasteiger charge is 2.31. The van der Waals surface area contributed by atoms with Gasteiger partial charge in [-0.3, -0.25) is 4.79 Å². The average molecular weight is 273 g/mol. The molecule has 2 atom stereocenters. The van der Waals surface area contributed by atoms with Crippen molar-refractivity contribution in [2.45, 2.75) is 51.7 Å². The summed E-state index contributed by atoms with van der Waals surface area (Å²) >= 11 is 0. The smallest absolute Gasteiger partial charge is 0.410 e. The Morgan fingerprint density at radius 1 is 1.37 bits per heavy atom. The van der Waals surface area contributed by atoms with Crippen molar-refractivity contribution in [2.75, 3.05) is 13.1 Å². The van der Waals surface area contributed by atoms with Crippen LogP contribution in [-0.4, -0.2) is 52.0 Å². The van der Waals surface area contributed by atoms with E-state index in [1.54, 1.807) is 20.8 Å². The molecule has 110 valence electrons. The zero-order chi connectivity index (χ0) is 14.6. The first kappa shape index (κ1) is 15.8. The van der Waals surface area contributed by atoms with Crippen LogP contribution in [0, 0.1) is 5.92 Å². The fourth-order valence-electron chi connectivity index (χ4n) is 2.14. The molecule has 1 aliphatic rings. The molecule has 0 spiro atoms. The van der Waals surface area contributed by atoms with E-state index in [2.05, 4.69) is 0 Å². The number of amides is 1. The lowest BCUT2D eigenvalue weighted by Gasteiger charge is -2.28. The van der Waals surface area contributed by atoms with Gasteiger partial charge in [-0.15, -0.1) is 0 Å². The van der Waals surface area contributed by atoms with Crippen molar-refractivity contribution in [3.05, 3.63) is 0 Å². The molecule has 1 aliphatic heterocycles. The first-order chi connectivity index (χ1) is 8.69. The fraction of sp³-hybridized carbons (Fsp3) is 0.846. The summed E-state index contributed by atoms with van der Waals surface area (Å²) in [6.45, 7) is 6.06. The molecule has 19 heavy (non-hydrogen) atoms. The number of aliphatic carboxylic acids is 1. The van der Waals surface area contributed by atoms with Crippen molar-refractivity contribution in [1.82, 2.24) is 4.90 Å². The lowest BCUT2D eigenvalue weighted by molar-refractivity contribution is -0.139. The van der Waals surface area contributed by atoms with Crippen LogP contribution in [0.4, 0.5) is 4.79 Å². The number of nitrogens with zero attached hydrogens (tertiary/aromatic N) is 1. The summed E-state index contributed by atoms with van der Waals surface area (Å²) in [5, 5.41) is 18.7. The van der Waals surface area contributed by atoms with Crippen LogP contribution in [0.2, 0.25) is 0 Å². The third-order valence-electron chi connectivity index (χ3n) is 3.02. The monoisotopic (exact) mass is 273 g/mol. The maximum atomic E-state index is 12.0. The number of hydrogen-bond donors (Lipinski definition) is 2. The number of aliphatic hydroxyl groups excluding tert-OH is 1. The van der Waals surface area contributed by atoms with Gasteiger partial charge in [0.05, 0.1) is 12.5 Å². The lowest BCUT2D eigenvalue weighted by atomic mass is 9.96. The maximum Gasteiger partial charge on any atom is 0.410 e. The SMILES string of the molecule is CC(C)(C)OC(=O)N1CCCC(O)C(CC(=O)O)C1. The van der Waals surface area contributed by atoms with Crippen LogP contribution >= 0.6 is 0 Å². The normalized spacial score (nSPS) is 24.7. The van der Waals surface area contributed by atoms with Gasteiger partial charge in [0, 0.05) is 19.0 Å². The first-order valence-electron chi connectivity index (χ1n) is 6.57. The summed E-state index contributed by atoms with van der Waals surface area (Å²) < 4.78 is 5.28. The molecule has 0 aromatic carbocycles. The molecular formula is C13H23NO5. The largest absolute Gasteiger partial charge is 0.481 e. The highest BCUT2D eigenvalue weighted by atomic mass is 16.6. The van der Waals surface area contributed by atoms with Gasteiger partial charge in [0.2, 0.25) is 0 Å². The Morgan fingerprint density at radius 3 is 2.53 bits per heavy atom. The minimum atomic E-state index is -0.963. The second-order valence-electron chi connectivity index (χ2n) is 5.99. The van der Waals surface area contributed by atoms with Gasteiger partial charge in [-0.25, -0.2) is 4.79 Å². The van der Waals surface area contributed by atoms with Gasteiger partial charge < -0.3 is 19.8 Å². The Labute approximate surface area is 113 Å². The average Bonchev–Trinajstić information content (AvgIpc) is 2.38. The standard InChI is InChI=1S/C13H23NO5/c1-13(2,3)19-12(18)14-6-4-5-10(15)9(8-14)7-11(16)17/h9-10,15H,4-8H2,1-3H3,(H,16,17). The Hall–Kier alpha value is -1.30. The minimum absolute atomic E-state index is 0.138. The molecule has 1 heterocycles. The second kappa shape index (κ2) is 6.23. The summed E-state index contributed by atoms with van der Waals surface area (Å²) in [7, 11) is 0. The Bertz CT molecular complexity index is 336. The first-order valence-corrected chi connectivity index (χ1v) is 6.57. The topological polar surface area (TPSA) is 87.1 Å². The van der Waals surface area contributed by atoms with E-state index in [0.29, 0.717) is 19.4 Å². The van der Waals surface area contributed by atoms with Gasteiger partial charge in [0.1, 0.15) is 5.60 Å². The molecule has 0 aromatic rings. The molecule has 6 nitrogen and oxygen atoms in total. The Kier molecular flexibility index (Phi) is 5.17. The zero-order valence-corrected chi connectivity index (χ0v) is 11.8. The van der Waals surface area contributed by atoms with Gasteiger partial charge in [-0.05, 0) is 33.6 Å². The number of hydrogen-bond acceptors (Lipinski definition) is 4. The quantitative estimate of drug-likeness (QED) is 0.795. The van der Waals surface area contributed by atoms with Gasteiger partial charge in [-0.2, -0.15) is 0 Å². The number of carboxylic acids is 1. The van der Waals surface area contributed by atoms with Crippen molar-refractivity contribution in [3.63, 3.8) is 0 Å². The zero-order valence-electron chi connectivity index (χ0n) is 11.8. The van der Waals surface area contributed by atoms with Gasteiger partial charge >= 0.3 is 12.1 Å². The molecule has 0 radical (unpaired) electrons. The molecule has 1 rings (SSSR count). The Morgan fingerprint density at radius 2 is 2.00 bits per heavy atom. The molecule has 6 heteroatoms. The summed E-state index contributed by atoms with van der Waals surface area (Å²) in [4.78, 5) is 24.3. The maximum absolute atomic E-state index is 12.0. The van der Waals surface area contributed by atoms with Crippen molar-refractivity contribution >= 4 is 12.1 Å². The molecule has 2 N–H and O–H groups in total. The predicted octanol–water partition coefficient (Wildman–Crippen LogP) is 1.47. The van der Waals surface area contributed by atoms with Gasteiger partial charge in [0.15, 0.2) is 0 Å². The van der Waals surface area contributed by atoms with Crippen LogP contribution in [0.5, 0.6) is 0 Å². The summed E-state index contributed by atoms with van der Waals surface area (Å²) in [6, 6.07) is 0. The van der Waals surface area contributed by atoms with E-state index in [1.807, 2.05) is 0 Å². The van der Waals surface area contributed by atoms with Crippen LogP contribution in [0.15, 0.2) is 0 Å². The second-order valence-corrected chi connectivity index (χ2v) is 5.99. The van der Waals surface area contributed by atoms with E-state index in [-0.39, 0.29) is 13.0 Å². The number of ether oxygens (including phenoxy) is 1. The van der Waals surface area contributed by atoms with Crippen LogP contribution in [0.3, 0.4) is 0 Å². The number of rotatable bonds is 2. The van der Waals surface area contributed by atoms with Crippen LogP contribution in [0.1, 0.15) is 40.0 Å². The number of carbonyl (C=O) groups excluding carboxylic acids is 1. The summed E-state index contributed by atoms with van der Waals surface area (Å²) in [5.74, 6) is -1.40. The van der Waals surface area contributed by atoms with E-state index in [1.165, 1.54) is 4.90 Å². The summed E-state index contributed by atoms with van der Waals surface area (Å²) in [5.41, 5.74) is -0.579. The van der Waals surface area contributed by atoms with E-state index < -0.39 is 29.7 Å². The highest BCUT2D eigenvalue weighted by Crippen LogP contribution is 2.22. The van der Waals surface area contributed by atoms with Crippen LogP contribution in [0.25, 0.3) is 0 Å². The predicted molar refractivity (Wildman–Crippen MR) is 68.8 cm³/mol. The molecule has 1 fully saturated rings. The van der Waals surface area contributed by atoms with E-state index in [9.17, 15) is 14.7 Å². The van der Waals surface area contributed by atoms with Crippen LogP contribution in [-0.2, 0) is 9.53 Å². The molecule has 0 saturated carbocycles. The molecule has 1 amide bonds. The molecule has 0 aliphatic carbocycles. The van der Waals surface area contributed by atoms with Crippen molar-refractivity contribution in [1.29, 1.82) is 0 Å². The molecule has 1 saturated heterocycles. The third-order valence-corrected chi connectivity index (χ3v) is 3.02. The molecular weight excluding hydrogens is 250 g/mol. The Balaban J connectivity index is 2.68. The van der Waals surface area contributed by atoms with Crippen molar-refractivity contribution in [2.24, 2.45) is 5.92 Å². The fourth-order valence-corrected chi connectivity index (χ4v) is 2.14. The lowest BCUT2D eigenvalue weighted by Crippen LogP contribution is -2.40. The molecule has 0 bridgehead atoms. The number of likely N-dealkylation sites (tertiary alicyclic amines) is 1. The third kappa shape index (κ3) is 5.46. The van der Waals surface area contributed by atoms with E-state index in [0.717, 1.165) is 0 Å². The van der Waals surface area contributed by atoms with E-state index in [4.69, 9.17) is 9.84 Å². The summed E-state index contributed by atoms with van der Waals surface area (Å²) in [6.07, 6.45) is -0.102. The molecule has 0 aromatic heterocycles. The minimum Gasteiger partial charge on any atom is -0.481 e. The van der Waals surface area contributed by atoms with E-state index >= 15 is 0 Å². The molecule has 2 unspecified atom stereocenters. The van der Waals surface area contributed by atoms with Crippen molar-refractivity contribution in [3.8, 4) is 0 Å². The number of aliphatic hydroxyl groups is 1. The number of carboxylic acid groups (broad SMARTS) is 1. The van der Waals surface area contributed by atoms with Gasteiger partial charge in [-0.1, -0.05) is 0 Å². The van der Waals surface area contributed by atoms with Crippen molar-refractivity contribution < 1.29 is 24.5 Å². The van der Waals surface area contributed by atoms with Gasteiger partial charge in [0.25, 0.3) is 0 Å². The van der Waals surface area contributed by atoms with Crippen LogP contribution < -0.4 is 0 Å².